The molecule has 1 saturated heterocycles. The summed E-state index contributed by atoms with van der Waals surface area (Å²) in [5.41, 5.74) is 8.60. The molecule has 0 bridgehead atoms. The highest BCUT2D eigenvalue weighted by Crippen LogP contribution is 2.29. The first-order chi connectivity index (χ1) is 12.6. The molecule has 146 valence electrons. The molecule has 1 heterocycles. The van der Waals surface area contributed by atoms with Crippen LogP contribution in [0.3, 0.4) is 0 Å². The third kappa shape index (κ3) is 5.32. The van der Waals surface area contributed by atoms with Crippen LogP contribution in [0.5, 0.6) is 0 Å². The van der Waals surface area contributed by atoms with E-state index in [9.17, 15) is 4.79 Å². The van der Waals surface area contributed by atoms with E-state index in [-0.39, 0.29) is 30.5 Å². The maximum absolute atomic E-state index is 13.1. The number of nitrogens with zero attached hydrogens (tertiary/aromatic N) is 1. The molecule has 2 aromatic carbocycles. The predicted molar refractivity (Wildman–Crippen MR) is 111 cm³/mol. The van der Waals surface area contributed by atoms with Crippen LogP contribution in [0.25, 0.3) is 0 Å². The maximum atomic E-state index is 13.1. The maximum Gasteiger partial charge on any atom is 0.254 e. The van der Waals surface area contributed by atoms with Crippen LogP contribution < -0.4 is 5.73 Å². The second-order valence-corrected chi connectivity index (χ2v) is 7.26. The minimum Gasteiger partial charge on any atom is -0.366 e. The van der Waals surface area contributed by atoms with E-state index in [0.29, 0.717) is 25.6 Å². The van der Waals surface area contributed by atoms with Crippen LogP contribution >= 0.6 is 12.4 Å². The molecule has 2 N–H and O–H groups in total. The van der Waals surface area contributed by atoms with Gasteiger partial charge in [0.05, 0.1) is 12.6 Å². The zero-order chi connectivity index (χ0) is 18.5. The van der Waals surface area contributed by atoms with Crippen molar-refractivity contribution in [2.24, 2.45) is 11.7 Å². The van der Waals surface area contributed by atoms with Crippen molar-refractivity contribution in [2.75, 3.05) is 19.6 Å². The van der Waals surface area contributed by atoms with E-state index in [4.69, 9.17) is 10.5 Å². The summed E-state index contributed by atoms with van der Waals surface area (Å²) in [6.07, 6.45) is 0.782. The van der Waals surface area contributed by atoms with Crippen LogP contribution in [-0.2, 0) is 11.2 Å². The first-order valence-electron chi connectivity index (χ1n) is 9.37. The monoisotopic (exact) mass is 388 g/mol. The van der Waals surface area contributed by atoms with E-state index < -0.39 is 0 Å². The Balaban J connectivity index is 0.00000261. The summed E-state index contributed by atoms with van der Waals surface area (Å²) in [7, 11) is 0. The summed E-state index contributed by atoms with van der Waals surface area (Å²) in [6.45, 7) is 6.11. The number of amides is 1. The number of carbonyl (C=O) groups is 1. The van der Waals surface area contributed by atoms with Crippen LogP contribution in [0.15, 0.2) is 54.6 Å². The minimum absolute atomic E-state index is 0. The van der Waals surface area contributed by atoms with Crippen LogP contribution in [0.4, 0.5) is 0 Å². The highest BCUT2D eigenvalue weighted by molar-refractivity contribution is 5.94. The summed E-state index contributed by atoms with van der Waals surface area (Å²) in [5, 5.41) is 0. The van der Waals surface area contributed by atoms with Crippen molar-refractivity contribution in [1.82, 2.24) is 4.90 Å². The molecule has 4 nitrogen and oxygen atoms in total. The lowest BCUT2D eigenvalue weighted by Crippen LogP contribution is -2.48. The molecule has 0 unspecified atom stereocenters. The molecule has 2 atom stereocenters. The second-order valence-electron chi connectivity index (χ2n) is 7.26. The van der Waals surface area contributed by atoms with Gasteiger partial charge in [-0.2, -0.15) is 0 Å². The van der Waals surface area contributed by atoms with Crippen LogP contribution in [0, 0.1) is 5.92 Å². The molecule has 1 amide bonds. The van der Waals surface area contributed by atoms with E-state index in [2.05, 4.69) is 26.0 Å². The van der Waals surface area contributed by atoms with Gasteiger partial charge in [-0.05, 0) is 42.1 Å². The van der Waals surface area contributed by atoms with Crippen molar-refractivity contribution < 1.29 is 9.53 Å². The summed E-state index contributed by atoms with van der Waals surface area (Å²) in [6, 6.07) is 18.0. The Morgan fingerprint density at radius 1 is 1.11 bits per heavy atom. The smallest absolute Gasteiger partial charge is 0.254 e. The number of rotatable bonds is 5. The number of hydrogen-bond donors (Lipinski definition) is 1. The summed E-state index contributed by atoms with van der Waals surface area (Å²) >= 11 is 0. The average molecular weight is 389 g/mol. The van der Waals surface area contributed by atoms with E-state index in [1.54, 1.807) is 0 Å². The molecule has 27 heavy (non-hydrogen) atoms. The number of nitrogens with two attached hydrogens (primary N) is 1. The van der Waals surface area contributed by atoms with Crippen molar-refractivity contribution in [3.63, 3.8) is 0 Å². The van der Waals surface area contributed by atoms with E-state index in [1.807, 2.05) is 47.4 Å². The van der Waals surface area contributed by atoms with Crippen molar-refractivity contribution in [1.29, 1.82) is 0 Å². The Morgan fingerprint density at radius 2 is 1.78 bits per heavy atom. The number of morpholine rings is 1. The average Bonchev–Trinajstić information content (AvgIpc) is 2.68. The van der Waals surface area contributed by atoms with Crippen LogP contribution in [-0.4, -0.2) is 36.5 Å². The van der Waals surface area contributed by atoms with Crippen molar-refractivity contribution in [3.05, 3.63) is 71.3 Å². The normalized spacial score (nSPS) is 19.6. The van der Waals surface area contributed by atoms with Gasteiger partial charge in [0.2, 0.25) is 0 Å². The van der Waals surface area contributed by atoms with Gasteiger partial charge in [0.15, 0.2) is 0 Å². The highest BCUT2D eigenvalue weighted by atomic mass is 35.5. The fourth-order valence-electron chi connectivity index (χ4n) is 3.34. The molecule has 1 aliphatic rings. The number of benzene rings is 2. The van der Waals surface area contributed by atoms with E-state index in [1.165, 1.54) is 0 Å². The highest BCUT2D eigenvalue weighted by Gasteiger charge is 2.33. The van der Waals surface area contributed by atoms with Crippen LogP contribution in [0.2, 0.25) is 0 Å². The molecule has 1 fully saturated rings. The summed E-state index contributed by atoms with van der Waals surface area (Å²) in [4.78, 5) is 15.0. The summed E-state index contributed by atoms with van der Waals surface area (Å²) in [5.74, 6) is 0.419. The largest absolute Gasteiger partial charge is 0.366 e. The quantitative estimate of drug-likeness (QED) is 0.846. The lowest BCUT2D eigenvalue weighted by molar-refractivity contribution is -0.0954. The Kier molecular flexibility index (Phi) is 7.84. The lowest BCUT2D eigenvalue weighted by atomic mass is 10.00. The zero-order valence-corrected chi connectivity index (χ0v) is 16.8. The van der Waals surface area contributed by atoms with Crippen LogP contribution in [0.1, 0.15) is 41.4 Å². The van der Waals surface area contributed by atoms with Gasteiger partial charge < -0.3 is 15.4 Å². The zero-order valence-electron chi connectivity index (χ0n) is 16.0. The fraction of sp³-hybridized carbons (Fsp3) is 0.409. The molecule has 0 radical (unpaired) electrons. The van der Waals surface area contributed by atoms with Gasteiger partial charge in [-0.1, -0.05) is 56.3 Å². The SMILES string of the molecule is CC(C)[C@H]1CN(C(=O)c2ccc(CCN)cc2)C[C@@H](c2ccccc2)O1.Cl. The molecule has 5 heteroatoms. The number of hydrogen-bond acceptors (Lipinski definition) is 3. The number of ether oxygens (including phenoxy) is 1. The molecular formula is C22H29ClN2O2. The third-order valence-electron chi connectivity index (χ3n) is 4.96. The van der Waals surface area contributed by atoms with Gasteiger partial charge in [0.1, 0.15) is 6.10 Å². The minimum atomic E-state index is -0.0854. The second kappa shape index (κ2) is 9.88. The van der Waals surface area contributed by atoms with Crippen molar-refractivity contribution >= 4 is 18.3 Å². The van der Waals surface area contributed by atoms with Gasteiger partial charge in [0, 0.05) is 12.1 Å². The van der Waals surface area contributed by atoms with E-state index in [0.717, 1.165) is 23.1 Å². The molecule has 0 aliphatic carbocycles. The fourth-order valence-corrected chi connectivity index (χ4v) is 3.34. The number of halogens is 1. The lowest BCUT2D eigenvalue weighted by Gasteiger charge is -2.40. The molecule has 1 aliphatic heterocycles. The third-order valence-corrected chi connectivity index (χ3v) is 4.96. The molecule has 0 aromatic heterocycles. The Morgan fingerprint density at radius 3 is 2.37 bits per heavy atom. The Labute approximate surface area is 168 Å². The standard InChI is InChI=1S/C22H28N2O2.ClH/c1-16(2)20-14-24(15-21(26-20)18-6-4-3-5-7-18)22(25)19-10-8-17(9-11-19)12-13-23;/h3-11,16,20-21H,12-15,23H2,1-2H3;1H/t20-,21+;/m1./s1. The molecule has 0 saturated carbocycles. The predicted octanol–water partition coefficient (Wildman–Crippen LogP) is 3.85. The Hall–Kier alpha value is -1.88. The van der Waals surface area contributed by atoms with Gasteiger partial charge >= 0.3 is 0 Å². The van der Waals surface area contributed by atoms with Crippen molar-refractivity contribution in [2.45, 2.75) is 32.5 Å². The van der Waals surface area contributed by atoms with Gasteiger partial charge in [-0.15, -0.1) is 12.4 Å². The first-order valence-corrected chi connectivity index (χ1v) is 9.37. The van der Waals surface area contributed by atoms with Gasteiger partial charge in [-0.3, -0.25) is 4.79 Å². The van der Waals surface area contributed by atoms with E-state index >= 15 is 0 Å². The Bertz CT molecular complexity index is 719. The molecular weight excluding hydrogens is 360 g/mol. The van der Waals surface area contributed by atoms with Gasteiger partial charge in [0.25, 0.3) is 5.91 Å². The summed E-state index contributed by atoms with van der Waals surface area (Å²) < 4.78 is 6.29. The van der Waals surface area contributed by atoms with Crippen molar-refractivity contribution in [3.8, 4) is 0 Å². The molecule has 0 spiro atoms. The molecule has 3 rings (SSSR count). The topological polar surface area (TPSA) is 55.6 Å². The molecule has 2 aromatic rings. The first kappa shape index (κ1) is 21.4. The van der Waals surface area contributed by atoms with Gasteiger partial charge in [-0.25, -0.2) is 0 Å². The number of carbonyl (C=O) groups excluding carboxylic acids is 1.